The molecule has 5 rings (SSSR count). The highest BCUT2D eigenvalue weighted by atomic mass is 15.3. The van der Waals surface area contributed by atoms with Crippen LogP contribution in [0.1, 0.15) is 24.8 Å². The number of para-hydroxylation sites is 1. The fourth-order valence-electron chi connectivity index (χ4n) is 4.63. The van der Waals surface area contributed by atoms with Crippen LogP contribution in [0.3, 0.4) is 0 Å². The van der Waals surface area contributed by atoms with E-state index in [1.165, 1.54) is 37.9 Å². The van der Waals surface area contributed by atoms with Gasteiger partial charge in [-0.25, -0.2) is 0 Å². The molecule has 2 aromatic heterocycles. The van der Waals surface area contributed by atoms with Crippen LogP contribution in [0.2, 0.25) is 0 Å². The molecular weight excluding hydrogens is 372 g/mol. The average molecular weight is 401 g/mol. The summed E-state index contributed by atoms with van der Waals surface area (Å²) in [5, 5.41) is 13.7. The van der Waals surface area contributed by atoms with E-state index in [0.29, 0.717) is 0 Å². The Morgan fingerprint density at radius 1 is 0.867 bits per heavy atom. The Labute approximate surface area is 177 Å². The number of aromatic nitrogens is 5. The molecule has 1 aliphatic rings. The molecule has 1 fully saturated rings. The maximum Gasteiger partial charge on any atom is 0.123 e. The van der Waals surface area contributed by atoms with Gasteiger partial charge in [-0.15, -0.1) is 10.2 Å². The summed E-state index contributed by atoms with van der Waals surface area (Å²) < 4.78 is 4.09. The first kappa shape index (κ1) is 19.0. The Hall–Kier alpha value is -2.99. The molecule has 4 aromatic rings. The summed E-state index contributed by atoms with van der Waals surface area (Å²) in [5.41, 5.74) is 3.71. The molecule has 0 atom stereocenters. The molecule has 2 aromatic carbocycles. The second-order valence-corrected chi connectivity index (χ2v) is 8.28. The van der Waals surface area contributed by atoms with Crippen molar-refractivity contribution in [3.05, 3.63) is 72.9 Å². The number of nitrogens with zero attached hydrogens (tertiary/aromatic N) is 6. The molecule has 6 heteroatoms. The van der Waals surface area contributed by atoms with Gasteiger partial charge in [-0.1, -0.05) is 42.5 Å². The number of fused-ring (bicyclic) bond motifs is 1. The maximum atomic E-state index is 4.65. The topological polar surface area (TPSA) is 51.8 Å². The van der Waals surface area contributed by atoms with E-state index in [-0.39, 0.29) is 0 Å². The largest absolute Gasteiger partial charge is 0.303 e. The van der Waals surface area contributed by atoms with Crippen molar-refractivity contribution >= 4 is 10.9 Å². The Morgan fingerprint density at radius 3 is 2.47 bits per heavy atom. The smallest absolute Gasteiger partial charge is 0.123 e. The van der Waals surface area contributed by atoms with Gasteiger partial charge in [0.15, 0.2) is 0 Å². The lowest BCUT2D eigenvalue weighted by atomic mass is 9.90. The zero-order valence-electron chi connectivity index (χ0n) is 17.3. The van der Waals surface area contributed by atoms with Crippen molar-refractivity contribution in [3.63, 3.8) is 0 Å². The molecule has 0 saturated carbocycles. The third-order valence-corrected chi connectivity index (χ3v) is 6.26. The van der Waals surface area contributed by atoms with Gasteiger partial charge in [0.05, 0.1) is 17.4 Å². The normalized spacial score (nSPS) is 15.7. The fourth-order valence-corrected chi connectivity index (χ4v) is 4.63. The third-order valence-electron chi connectivity index (χ3n) is 6.26. The van der Waals surface area contributed by atoms with Crippen molar-refractivity contribution in [1.29, 1.82) is 0 Å². The Bertz CT molecular complexity index is 1060. The number of benzene rings is 2. The minimum absolute atomic E-state index is 0.824. The zero-order valence-corrected chi connectivity index (χ0v) is 17.3. The molecule has 0 unspecified atom stereocenters. The van der Waals surface area contributed by atoms with Crippen LogP contribution < -0.4 is 0 Å². The van der Waals surface area contributed by atoms with Gasteiger partial charge in [-0.3, -0.25) is 9.25 Å². The lowest BCUT2D eigenvalue weighted by molar-refractivity contribution is 0.179. The zero-order chi connectivity index (χ0) is 20.2. The molecule has 0 N–H and O–H groups in total. The third kappa shape index (κ3) is 4.14. The Kier molecular flexibility index (Phi) is 5.57. The van der Waals surface area contributed by atoms with Gasteiger partial charge in [0.25, 0.3) is 0 Å². The second-order valence-electron chi connectivity index (χ2n) is 8.28. The predicted molar refractivity (Wildman–Crippen MR) is 119 cm³/mol. The highest BCUT2D eigenvalue weighted by Crippen LogP contribution is 2.24. The Morgan fingerprint density at radius 2 is 1.67 bits per heavy atom. The van der Waals surface area contributed by atoms with E-state index >= 15 is 0 Å². The Balaban J connectivity index is 1.16. The molecular formula is C24H28N6. The summed E-state index contributed by atoms with van der Waals surface area (Å²) in [5.74, 6) is 0.824. The van der Waals surface area contributed by atoms with E-state index in [4.69, 9.17) is 0 Å². The lowest BCUT2D eigenvalue weighted by Crippen LogP contribution is -2.35. The number of piperidine rings is 1. The van der Waals surface area contributed by atoms with Crippen LogP contribution in [0.25, 0.3) is 16.6 Å². The van der Waals surface area contributed by atoms with Gasteiger partial charge in [0, 0.05) is 11.9 Å². The van der Waals surface area contributed by atoms with Gasteiger partial charge >= 0.3 is 0 Å². The number of aryl methyl sites for hydroxylation is 1. The highest BCUT2D eigenvalue weighted by molar-refractivity contribution is 5.86. The van der Waals surface area contributed by atoms with E-state index in [2.05, 4.69) is 73.4 Å². The van der Waals surface area contributed by atoms with Crippen LogP contribution in [0.15, 0.2) is 67.4 Å². The van der Waals surface area contributed by atoms with Crippen LogP contribution in [0.5, 0.6) is 0 Å². The van der Waals surface area contributed by atoms with Crippen LogP contribution in [-0.4, -0.2) is 49.1 Å². The van der Waals surface area contributed by atoms with Crippen LogP contribution >= 0.6 is 0 Å². The van der Waals surface area contributed by atoms with Gasteiger partial charge in [0.2, 0.25) is 0 Å². The predicted octanol–water partition coefficient (Wildman–Crippen LogP) is 3.96. The van der Waals surface area contributed by atoms with Gasteiger partial charge in [-0.05, 0) is 62.9 Å². The molecule has 6 nitrogen and oxygen atoms in total. The number of rotatable bonds is 7. The van der Waals surface area contributed by atoms with Crippen molar-refractivity contribution < 1.29 is 0 Å². The fraction of sp³-hybridized carbons (Fsp3) is 0.375. The van der Waals surface area contributed by atoms with Crippen LogP contribution in [-0.2, 0) is 13.0 Å². The molecule has 1 saturated heterocycles. The molecule has 0 bridgehead atoms. The monoisotopic (exact) mass is 400 g/mol. The molecule has 3 heterocycles. The van der Waals surface area contributed by atoms with E-state index in [0.717, 1.165) is 42.0 Å². The summed E-state index contributed by atoms with van der Waals surface area (Å²) in [4.78, 5) is 2.62. The van der Waals surface area contributed by atoms with Gasteiger partial charge < -0.3 is 4.90 Å². The summed E-state index contributed by atoms with van der Waals surface area (Å²) in [6.07, 6.45) is 10.4. The SMILES string of the molecule is c1ccc(CC2CCN(CCCn3ncc4cccc(-n5cnnc5)c43)CC2)cc1. The van der Waals surface area contributed by atoms with Crippen molar-refractivity contribution in [2.24, 2.45) is 5.92 Å². The summed E-state index contributed by atoms with van der Waals surface area (Å²) >= 11 is 0. The quantitative estimate of drug-likeness (QED) is 0.471. The van der Waals surface area contributed by atoms with Crippen LogP contribution in [0, 0.1) is 5.92 Å². The summed E-state index contributed by atoms with van der Waals surface area (Å²) in [7, 11) is 0. The molecule has 0 amide bonds. The molecule has 30 heavy (non-hydrogen) atoms. The molecule has 1 aliphatic heterocycles. The average Bonchev–Trinajstić information content (AvgIpc) is 3.46. The van der Waals surface area contributed by atoms with E-state index in [9.17, 15) is 0 Å². The second kappa shape index (κ2) is 8.79. The number of hydrogen-bond acceptors (Lipinski definition) is 4. The molecule has 0 radical (unpaired) electrons. The minimum atomic E-state index is 0.824. The number of likely N-dealkylation sites (tertiary alicyclic amines) is 1. The van der Waals surface area contributed by atoms with E-state index < -0.39 is 0 Å². The van der Waals surface area contributed by atoms with E-state index in [1.807, 2.05) is 10.8 Å². The van der Waals surface area contributed by atoms with Crippen molar-refractivity contribution in [1.82, 2.24) is 29.4 Å². The van der Waals surface area contributed by atoms with Crippen molar-refractivity contribution in [2.45, 2.75) is 32.2 Å². The van der Waals surface area contributed by atoms with Gasteiger partial charge in [-0.2, -0.15) is 5.10 Å². The number of hydrogen-bond donors (Lipinski definition) is 0. The van der Waals surface area contributed by atoms with Crippen LogP contribution in [0.4, 0.5) is 0 Å². The first-order valence-electron chi connectivity index (χ1n) is 10.9. The summed E-state index contributed by atoms with van der Waals surface area (Å²) in [6, 6.07) is 17.2. The van der Waals surface area contributed by atoms with E-state index in [1.54, 1.807) is 12.7 Å². The van der Waals surface area contributed by atoms with Gasteiger partial charge in [0.1, 0.15) is 12.7 Å². The summed E-state index contributed by atoms with van der Waals surface area (Å²) in [6.45, 7) is 4.48. The lowest BCUT2D eigenvalue weighted by Gasteiger charge is -2.32. The molecule has 0 spiro atoms. The molecule has 0 aliphatic carbocycles. The molecule has 154 valence electrons. The first-order chi connectivity index (χ1) is 14.9. The highest BCUT2D eigenvalue weighted by Gasteiger charge is 2.19. The standard InChI is InChI=1S/C24H28N6/c1-2-6-20(7-3-1)16-21-10-14-28(15-11-21)12-5-13-30-24-22(17-27-30)8-4-9-23(24)29-18-25-26-19-29/h1-4,6-9,17-19,21H,5,10-16H2. The van der Waals surface area contributed by atoms with Crippen molar-refractivity contribution in [2.75, 3.05) is 19.6 Å². The first-order valence-corrected chi connectivity index (χ1v) is 10.9. The minimum Gasteiger partial charge on any atom is -0.303 e. The maximum absolute atomic E-state index is 4.65. The van der Waals surface area contributed by atoms with Crippen molar-refractivity contribution in [3.8, 4) is 5.69 Å².